The van der Waals surface area contributed by atoms with Crippen molar-refractivity contribution in [3.05, 3.63) is 30.3 Å². The lowest BCUT2D eigenvalue weighted by molar-refractivity contribution is -0.140. The molecular formula is C14H20ClNO2. The molecule has 1 saturated carbocycles. The third-order valence-corrected chi connectivity index (χ3v) is 3.48. The maximum atomic E-state index is 11.9. The summed E-state index contributed by atoms with van der Waals surface area (Å²) >= 11 is 0. The molecule has 1 fully saturated rings. The summed E-state index contributed by atoms with van der Waals surface area (Å²) in [6.07, 6.45) is 3.91. The minimum atomic E-state index is -0.0910. The van der Waals surface area contributed by atoms with E-state index in [1.54, 1.807) is 0 Å². The second kappa shape index (κ2) is 7.39. The van der Waals surface area contributed by atoms with Gasteiger partial charge in [-0.1, -0.05) is 18.2 Å². The Morgan fingerprint density at radius 1 is 1.17 bits per heavy atom. The first-order valence-electron chi connectivity index (χ1n) is 6.26. The van der Waals surface area contributed by atoms with Gasteiger partial charge < -0.3 is 10.5 Å². The summed E-state index contributed by atoms with van der Waals surface area (Å²) in [6, 6.07) is 9.26. The summed E-state index contributed by atoms with van der Waals surface area (Å²) in [5, 5.41) is 0. The Labute approximate surface area is 114 Å². The topological polar surface area (TPSA) is 52.3 Å². The smallest absolute Gasteiger partial charge is 0.314 e. The number of carbonyl (C=O) groups is 1. The van der Waals surface area contributed by atoms with E-state index in [0.717, 1.165) is 32.2 Å². The van der Waals surface area contributed by atoms with Crippen LogP contribution in [-0.2, 0) is 4.79 Å². The van der Waals surface area contributed by atoms with Crippen LogP contribution in [0.5, 0.6) is 5.75 Å². The van der Waals surface area contributed by atoms with Crippen molar-refractivity contribution in [2.45, 2.75) is 25.7 Å². The minimum Gasteiger partial charge on any atom is -0.426 e. The largest absolute Gasteiger partial charge is 0.426 e. The molecule has 100 valence electrons. The van der Waals surface area contributed by atoms with E-state index in [1.807, 2.05) is 30.3 Å². The van der Waals surface area contributed by atoms with Crippen molar-refractivity contribution in [2.24, 2.45) is 17.6 Å². The number of para-hydroxylation sites is 1. The average Bonchev–Trinajstić information content (AvgIpc) is 2.40. The summed E-state index contributed by atoms with van der Waals surface area (Å²) in [4.78, 5) is 11.9. The van der Waals surface area contributed by atoms with Gasteiger partial charge >= 0.3 is 5.97 Å². The van der Waals surface area contributed by atoms with Gasteiger partial charge in [-0.25, -0.2) is 0 Å². The Bertz CT molecular complexity index is 361. The molecule has 4 heteroatoms. The van der Waals surface area contributed by atoms with Gasteiger partial charge in [0, 0.05) is 0 Å². The van der Waals surface area contributed by atoms with Crippen molar-refractivity contribution < 1.29 is 9.53 Å². The van der Waals surface area contributed by atoms with E-state index in [1.165, 1.54) is 0 Å². The summed E-state index contributed by atoms with van der Waals surface area (Å²) in [5.74, 6) is 1.19. The molecule has 18 heavy (non-hydrogen) atoms. The number of ether oxygens (including phenoxy) is 1. The Hall–Kier alpha value is -1.06. The number of halogens is 1. The van der Waals surface area contributed by atoms with Crippen LogP contribution < -0.4 is 10.5 Å². The van der Waals surface area contributed by atoms with Gasteiger partial charge in [0.1, 0.15) is 5.75 Å². The van der Waals surface area contributed by atoms with Crippen LogP contribution in [0.1, 0.15) is 25.7 Å². The molecule has 0 atom stereocenters. The summed E-state index contributed by atoms with van der Waals surface area (Å²) < 4.78 is 5.35. The van der Waals surface area contributed by atoms with Crippen LogP contribution in [0.3, 0.4) is 0 Å². The van der Waals surface area contributed by atoms with Crippen molar-refractivity contribution >= 4 is 18.4 Å². The standard InChI is InChI=1S/C14H19NO2.ClH/c15-10-11-6-8-12(9-7-11)14(16)17-13-4-2-1-3-5-13;/h1-5,11-12H,6-10,15H2;1H. The lowest BCUT2D eigenvalue weighted by Crippen LogP contribution is -2.28. The molecule has 0 spiro atoms. The Morgan fingerprint density at radius 2 is 1.78 bits per heavy atom. The fourth-order valence-electron chi connectivity index (χ4n) is 2.32. The van der Waals surface area contributed by atoms with E-state index in [0.29, 0.717) is 11.7 Å². The molecule has 0 aliphatic heterocycles. The van der Waals surface area contributed by atoms with E-state index >= 15 is 0 Å². The van der Waals surface area contributed by atoms with Gasteiger partial charge in [-0.05, 0) is 50.3 Å². The van der Waals surface area contributed by atoms with Crippen molar-refractivity contribution in [2.75, 3.05) is 6.54 Å². The Balaban J connectivity index is 0.00000162. The normalized spacial score (nSPS) is 22.9. The maximum absolute atomic E-state index is 11.9. The molecule has 1 aromatic carbocycles. The second-order valence-electron chi connectivity index (χ2n) is 4.69. The van der Waals surface area contributed by atoms with E-state index in [9.17, 15) is 4.79 Å². The second-order valence-corrected chi connectivity index (χ2v) is 4.69. The van der Waals surface area contributed by atoms with Crippen LogP contribution in [0.2, 0.25) is 0 Å². The third-order valence-electron chi connectivity index (χ3n) is 3.48. The number of esters is 1. The molecule has 2 N–H and O–H groups in total. The number of nitrogens with two attached hydrogens (primary N) is 1. The van der Waals surface area contributed by atoms with E-state index in [2.05, 4.69) is 0 Å². The zero-order chi connectivity index (χ0) is 12.1. The highest BCUT2D eigenvalue weighted by molar-refractivity contribution is 5.85. The molecule has 0 saturated heterocycles. The van der Waals surface area contributed by atoms with Gasteiger partial charge in [0.05, 0.1) is 5.92 Å². The zero-order valence-corrected chi connectivity index (χ0v) is 11.2. The van der Waals surface area contributed by atoms with Crippen LogP contribution in [0, 0.1) is 11.8 Å². The van der Waals surface area contributed by atoms with Crippen LogP contribution in [-0.4, -0.2) is 12.5 Å². The highest BCUT2D eigenvalue weighted by Gasteiger charge is 2.26. The van der Waals surface area contributed by atoms with Crippen molar-refractivity contribution in [3.8, 4) is 5.75 Å². The van der Waals surface area contributed by atoms with Gasteiger partial charge in [-0.2, -0.15) is 0 Å². The van der Waals surface area contributed by atoms with Crippen LogP contribution in [0.4, 0.5) is 0 Å². The molecule has 0 aromatic heterocycles. The molecule has 0 amide bonds. The van der Waals surface area contributed by atoms with E-state index in [4.69, 9.17) is 10.5 Å². The van der Waals surface area contributed by atoms with Crippen LogP contribution >= 0.6 is 12.4 Å². The monoisotopic (exact) mass is 269 g/mol. The van der Waals surface area contributed by atoms with Gasteiger partial charge in [0.25, 0.3) is 0 Å². The number of benzene rings is 1. The molecule has 0 heterocycles. The molecule has 0 unspecified atom stereocenters. The van der Waals surface area contributed by atoms with Gasteiger partial charge in [-0.3, -0.25) is 4.79 Å². The third kappa shape index (κ3) is 4.00. The van der Waals surface area contributed by atoms with E-state index < -0.39 is 0 Å². The molecule has 1 aliphatic carbocycles. The molecule has 0 radical (unpaired) electrons. The van der Waals surface area contributed by atoms with Crippen molar-refractivity contribution in [3.63, 3.8) is 0 Å². The first kappa shape index (κ1) is 15.0. The van der Waals surface area contributed by atoms with Crippen LogP contribution in [0.15, 0.2) is 30.3 Å². The molecule has 0 bridgehead atoms. The summed E-state index contributed by atoms with van der Waals surface area (Å²) in [5.41, 5.74) is 5.63. The summed E-state index contributed by atoms with van der Waals surface area (Å²) in [7, 11) is 0. The SMILES string of the molecule is Cl.NCC1CCC(C(=O)Oc2ccccc2)CC1. The fraction of sp³-hybridized carbons (Fsp3) is 0.500. The number of hydrogen-bond acceptors (Lipinski definition) is 3. The number of carbonyl (C=O) groups excluding carboxylic acids is 1. The van der Waals surface area contributed by atoms with Gasteiger partial charge in [0.15, 0.2) is 0 Å². The van der Waals surface area contributed by atoms with Gasteiger partial charge in [0.2, 0.25) is 0 Å². The minimum absolute atomic E-state index is 0. The Kier molecular flexibility index (Phi) is 6.16. The number of hydrogen-bond donors (Lipinski definition) is 1. The van der Waals surface area contributed by atoms with Crippen LogP contribution in [0.25, 0.3) is 0 Å². The molecule has 1 aliphatic rings. The predicted octanol–water partition coefficient (Wildman–Crippen LogP) is 2.78. The lowest BCUT2D eigenvalue weighted by Gasteiger charge is -2.26. The molecule has 3 nitrogen and oxygen atoms in total. The fourth-order valence-corrected chi connectivity index (χ4v) is 2.32. The average molecular weight is 270 g/mol. The molecule has 1 aromatic rings. The highest BCUT2D eigenvalue weighted by atomic mass is 35.5. The predicted molar refractivity (Wildman–Crippen MR) is 73.8 cm³/mol. The number of rotatable bonds is 3. The van der Waals surface area contributed by atoms with Crippen molar-refractivity contribution in [1.82, 2.24) is 0 Å². The first-order chi connectivity index (χ1) is 8.29. The van der Waals surface area contributed by atoms with E-state index in [-0.39, 0.29) is 24.3 Å². The quantitative estimate of drug-likeness (QED) is 0.678. The zero-order valence-electron chi connectivity index (χ0n) is 10.4. The lowest BCUT2D eigenvalue weighted by atomic mass is 9.82. The summed E-state index contributed by atoms with van der Waals surface area (Å²) in [6.45, 7) is 0.737. The first-order valence-corrected chi connectivity index (χ1v) is 6.26. The maximum Gasteiger partial charge on any atom is 0.314 e. The molecule has 2 rings (SSSR count). The highest BCUT2D eigenvalue weighted by Crippen LogP contribution is 2.29. The Morgan fingerprint density at radius 3 is 2.33 bits per heavy atom. The van der Waals surface area contributed by atoms with Gasteiger partial charge in [-0.15, -0.1) is 12.4 Å². The molecular weight excluding hydrogens is 250 g/mol. The van der Waals surface area contributed by atoms with Crippen molar-refractivity contribution in [1.29, 1.82) is 0 Å².